The minimum absolute atomic E-state index is 0.0514. The fraction of sp³-hybridized carbons (Fsp3) is 0.909. The van der Waals surface area contributed by atoms with Crippen molar-refractivity contribution in [2.75, 3.05) is 12.9 Å². The zero-order valence-electron chi connectivity index (χ0n) is 10.6. The van der Waals surface area contributed by atoms with Crippen LogP contribution in [0.5, 0.6) is 0 Å². The van der Waals surface area contributed by atoms with Crippen molar-refractivity contribution in [3.8, 4) is 0 Å². The molecule has 0 aromatic carbocycles. The van der Waals surface area contributed by atoms with Crippen LogP contribution in [0.3, 0.4) is 0 Å². The molecule has 0 radical (unpaired) electrons. The number of carbonyl (C=O) groups excluding carboxylic acids is 1. The van der Waals surface area contributed by atoms with Crippen molar-refractivity contribution in [3.63, 3.8) is 0 Å². The minimum atomic E-state index is -3.37. The van der Waals surface area contributed by atoms with E-state index in [0.717, 1.165) is 19.1 Å². The summed E-state index contributed by atoms with van der Waals surface area (Å²) in [5, 5.41) is 1.65. The molecule has 0 aromatic rings. The molecular formula is C11H20N2O4S. The Labute approximate surface area is 107 Å². The van der Waals surface area contributed by atoms with Crippen molar-refractivity contribution < 1.29 is 17.9 Å². The van der Waals surface area contributed by atoms with Crippen molar-refractivity contribution in [2.45, 2.75) is 43.2 Å². The highest BCUT2D eigenvalue weighted by atomic mass is 32.2. The first-order valence-corrected chi connectivity index (χ1v) is 8.14. The Bertz CT molecular complexity index is 436. The Balaban J connectivity index is 1.96. The maximum atomic E-state index is 11.8. The molecule has 1 aliphatic carbocycles. The molecule has 104 valence electrons. The fourth-order valence-corrected chi connectivity index (χ4v) is 3.06. The molecule has 2 fully saturated rings. The molecule has 6 nitrogen and oxygen atoms in total. The first kappa shape index (κ1) is 13.8. The summed E-state index contributed by atoms with van der Waals surface area (Å²) in [7, 11) is -3.37. The first-order valence-electron chi connectivity index (χ1n) is 6.19. The van der Waals surface area contributed by atoms with Gasteiger partial charge in [0.1, 0.15) is 5.25 Å². The normalized spacial score (nSPS) is 37.3. The average Bonchev–Trinajstić information content (AvgIpc) is 2.33. The second-order valence-corrected chi connectivity index (χ2v) is 7.59. The van der Waals surface area contributed by atoms with Crippen molar-refractivity contribution in [1.82, 2.24) is 5.32 Å². The van der Waals surface area contributed by atoms with Gasteiger partial charge in [0.05, 0.1) is 12.1 Å². The van der Waals surface area contributed by atoms with E-state index in [2.05, 4.69) is 5.32 Å². The lowest BCUT2D eigenvalue weighted by Gasteiger charge is -2.52. The monoisotopic (exact) mass is 276 g/mol. The number of amides is 1. The van der Waals surface area contributed by atoms with Crippen LogP contribution >= 0.6 is 0 Å². The van der Waals surface area contributed by atoms with Crippen molar-refractivity contribution in [2.24, 2.45) is 11.7 Å². The van der Waals surface area contributed by atoms with E-state index in [1.165, 1.54) is 6.92 Å². The summed E-state index contributed by atoms with van der Waals surface area (Å²) in [6.45, 7) is 2.07. The standard InChI is InChI=1S/C11H20N2O4S/c1-6(18(2,15)16)11(14)13-9-8(12)7-4-3-5-17-10(7)9/h6-10H,3-5,12H2,1-2H3,(H,13,14). The summed E-state index contributed by atoms with van der Waals surface area (Å²) in [5.74, 6) is -0.205. The summed E-state index contributed by atoms with van der Waals surface area (Å²) in [6, 6.07) is -0.391. The topological polar surface area (TPSA) is 98.5 Å². The molecule has 2 rings (SSSR count). The molecule has 1 heterocycles. The predicted octanol–water partition coefficient (Wildman–Crippen LogP) is -0.960. The van der Waals surface area contributed by atoms with Gasteiger partial charge in [-0.1, -0.05) is 0 Å². The zero-order chi connectivity index (χ0) is 13.5. The van der Waals surface area contributed by atoms with E-state index >= 15 is 0 Å². The number of carbonyl (C=O) groups is 1. The fourth-order valence-electron chi connectivity index (χ4n) is 2.60. The Hall–Kier alpha value is -0.660. The third-order valence-electron chi connectivity index (χ3n) is 4.00. The van der Waals surface area contributed by atoms with Crippen LogP contribution in [0.25, 0.3) is 0 Å². The van der Waals surface area contributed by atoms with E-state index in [0.29, 0.717) is 6.61 Å². The molecule has 3 N–H and O–H groups in total. The summed E-state index contributed by atoms with van der Waals surface area (Å²) in [4.78, 5) is 11.8. The van der Waals surface area contributed by atoms with E-state index < -0.39 is 21.0 Å². The first-order chi connectivity index (χ1) is 8.32. The van der Waals surface area contributed by atoms with Crippen LogP contribution in [-0.4, -0.2) is 50.6 Å². The van der Waals surface area contributed by atoms with Gasteiger partial charge in [0, 0.05) is 24.8 Å². The SMILES string of the molecule is CC(C(=O)NC1C(N)C2CCCOC21)S(C)(=O)=O. The van der Waals surface area contributed by atoms with Gasteiger partial charge in [0.2, 0.25) is 5.91 Å². The molecule has 0 aromatic heterocycles. The smallest absolute Gasteiger partial charge is 0.238 e. The molecule has 0 bridgehead atoms. The molecule has 5 unspecified atom stereocenters. The van der Waals surface area contributed by atoms with Gasteiger partial charge < -0.3 is 15.8 Å². The Morgan fingerprint density at radius 3 is 2.78 bits per heavy atom. The number of hydrogen-bond acceptors (Lipinski definition) is 5. The third-order valence-corrected chi connectivity index (χ3v) is 5.50. The lowest BCUT2D eigenvalue weighted by molar-refractivity contribution is -0.138. The number of nitrogens with one attached hydrogen (secondary N) is 1. The van der Waals surface area contributed by atoms with Gasteiger partial charge in [-0.25, -0.2) is 8.42 Å². The van der Waals surface area contributed by atoms with E-state index in [9.17, 15) is 13.2 Å². The maximum Gasteiger partial charge on any atom is 0.238 e. The highest BCUT2D eigenvalue weighted by Gasteiger charge is 2.51. The van der Waals surface area contributed by atoms with Gasteiger partial charge in [-0.15, -0.1) is 0 Å². The number of hydrogen-bond donors (Lipinski definition) is 2. The second-order valence-electron chi connectivity index (χ2n) is 5.22. The molecule has 0 spiro atoms. The highest BCUT2D eigenvalue weighted by molar-refractivity contribution is 7.92. The van der Waals surface area contributed by atoms with Crippen LogP contribution in [0, 0.1) is 5.92 Å². The van der Waals surface area contributed by atoms with Crippen molar-refractivity contribution in [3.05, 3.63) is 0 Å². The van der Waals surface area contributed by atoms with Crippen LogP contribution in [-0.2, 0) is 19.4 Å². The Kier molecular flexibility index (Phi) is 3.66. The molecular weight excluding hydrogens is 256 g/mol. The molecule has 18 heavy (non-hydrogen) atoms. The number of nitrogens with two attached hydrogens (primary N) is 1. The van der Waals surface area contributed by atoms with E-state index in [-0.39, 0.29) is 24.1 Å². The van der Waals surface area contributed by atoms with E-state index in [1.807, 2.05) is 0 Å². The highest BCUT2D eigenvalue weighted by Crippen LogP contribution is 2.37. The molecule has 5 atom stereocenters. The molecule has 1 amide bonds. The zero-order valence-corrected chi connectivity index (χ0v) is 11.4. The third kappa shape index (κ3) is 2.39. The molecule has 1 saturated heterocycles. The van der Waals surface area contributed by atoms with Crippen LogP contribution in [0.1, 0.15) is 19.8 Å². The van der Waals surface area contributed by atoms with E-state index in [4.69, 9.17) is 10.5 Å². The average molecular weight is 276 g/mol. The van der Waals surface area contributed by atoms with Crippen molar-refractivity contribution >= 4 is 15.7 Å². The summed E-state index contributed by atoms with van der Waals surface area (Å²) in [5.41, 5.74) is 5.99. The molecule has 1 saturated carbocycles. The largest absolute Gasteiger partial charge is 0.376 e. The van der Waals surface area contributed by atoms with Gasteiger partial charge >= 0.3 is 0 Å². The van der Waals surface area contributed by atoms with Gasteiger partial charge in [-0.3, -0.25) is 4.79 Å². The maximum absolute atomic E-state index is 11.8. The number of rotatable bonds is 3. The van der Waals surface area contributed by atoms with E-state index in [1.54, 1.807) is 0 Å². The van der Waals surface area contributed by atoms with Gasteiger partial charge in [0.25, 0.3) is 0 Å². The summed E-state index contributed by atoms with van der Waals surface area (Å²) >= 11 is 0. The van der Waals surface area contributed by atoms with Crippen LogP contribution in [0.4, 0.5) is 0 Å². The molecule has 1 aliphatic heterocycles. The quantitative estimate of drug-likeness (QED) is 0.692. The number of fused-ring (bicyclic) bond motifs is 1. The van der Waals surface area contributed by atoms with Gasteiger partial charge in [0.15, 0.2) is 9.84 Å². The predicted molar refractivity (Wildman–Crippen MR) is 66.7 cm³/mol. The Morgan fingerprint density at radius 1 is 1.50 bits per heavy atom. The summed E-state index contributed by atoms with van der Waals surface area (Å²) in [6.07, 6.45) is 3.01. The number of ether oxygens (including phenoxy) is 1. The minimum Gasteiger partial charge on any atom is -0.376 e. The van der Waals surface area contributed by atoms with Gasteiger partial charge in [-0.2, -0.15) is 0 Å². The lowest BCUT2D eigenvalue weighted by atomic mass is 9.68. The van der Waals surface area contributed by atoms with Crippen molar-refractivity contribution in [1.29, 1.82) is 0 Å². The number of sulfone groups is 1. The van der Waals surface area contributed by atoms with Crippen LogP contribution in [0.15, 0.2) is 0 Å². The second kappa shape index (κ2) is 4.79. The Morgan fingerprint density at radius 2 is 2.17 bits per heavy atom. The molecule has 7 heteroatoms. The molecule has 2 aliphatic rings. The van der Waals surface area contributed by atoms with Crippen LogP contribution < -0.4 is 11.1 Å². The lowest BCUT2D eigenvalue weighted by Crippen LogP contribution is -2.72. The van der Waals surface area contributed by atoms with Gasteiger partial charge in [-0.05, 0) is 19.8 Å². The van der Waals surface area contributed by atoms with Crippen LogP contribution in [0.2, 0.25) is 0 Å². The summed E-state index contributed by atoms with van der Waals surface area (Å²) < 4.78 is 28.2.